The van der Waals surface area contributed by atoms with E-state index in [4.69, 9.17) is 5.73 Å². The summed E-state index contributed by atoms with van der Waals surface area (Å²) in [5.74, 6) is -0.420. The zero-order valence-electron chi connectivity index (χ0n) is 11.1. The maximum absolute atomic E-state index is 11.9. The third kappa shape index (κ3) is 3.23. The number of para-hydroxylation sites is 1. The molecule has 0 aliphatic heterocycles. The minimum atomic E-state index is -0.291. The summed E-state index contributed by atoms with van der Waals surface area (Å²) >= 11 is 0. The number of amides is 2. The van der Waals surface area contributed by atoms with E-state index in [1.807, 2.05) is 12.1 Å². The highest BCUT2D eigenvalue weighted by molar-refractivity contribution is 5.97. The van der Waals surface area contributed by atoms with Crippen molar-refractivity contribution in [2.75, 3.05) is 18.8 Å². The van der Waals surface area contributed by atoms with Crippen LogP contribution >= 0.6 is 0 Å². The molecule has 4 N–H and O–H groups in total. The number of nitrogens with zero attached hydrogens (tertiary/aromatic N) is 1. The number of fused-ring (bicyclic) bond motifs is 1. The van der Waals surface area contributed by atoms with Crippen molar-refractivity contribution in [1.29, 1.82) is 0 Å². The molecular formula is C14H16N4O2. The van der Waals surface area contributed by atoms with E-state index >= 15 is 0 Å². The van der Waals surface area contributed by atoms with Gasteiger partial charge in [-0.15, -0.1) is 0 Å². The Bertz CT molecular complexity index is 655. The Morgan fingerprint density at radius 1 is 1.15 bits per heavy atom. The molecule has 6 heteroatoms. The van der Waals surface area contributed by atoms with Crippen molar-refractivity contribution in [3.05, 3.63) is 36.0 Å². The summed E-state index contributed by atoms with van der Waals surface area (Å²) in [6.45, 7) is 2.16. The molecule has 2 aromatic rings. The molecule has 0 spiro atoms. The normalized spacial score (nSPS) is 10.2. The Balaban J connectivity index is 2.07. The first-order valence-electron chi connectivity index (χ1n) is 6.26. The van der Waals surface area contributed by atoms with Crippen LogP contribution in [0.25, 0.3) is 10.9 Å². The lowest BCUT2D eigenvalue weighted by molar-refractivity contribution is -0.118. The molecule has 1 aromatic heterocycles. The van der Waals surface area contributed by atoms with Crippen molar-refractivity contribution in [3.63, 3.8) is 0 Å². The van der Waals surface area contributed by atoms with Gasteiger partial charge in [0, 0.05) is 25.4 Å². The quantitative estimate of drug-likeness (QED) is 0.563. The molecule has 0 unspecified atom stereocenters. The number of hydrogen-bond donors (Lipinski definition) is 3. The predicted molar refractivity (Wildman–Crippen MR) is 77.2 cm³/mol. The van der Waals surface area contributed by atoms with E-state index in [1.165, 1.54) is 6.92 Å². The molecule has 0 radical (unpaired) electrons. The van der Waals surface area contributed by atoms with Crippen molar-refractivity contribution in [2.24, 2.45) is 0 Å². The van der Waals surface area contributed by atoms with Gasteiger partial charge in [0.1, 0.15) is 5.69 Å². The lowest BCUT2D eigenvalue weighted by Crippen LogP contribution is -2.34. The lowest BCUT2D eigenvalue weighted by Gasteiger charge is -2.07. The number of pyridine rings is 1. The molecule has 1 aromatic carbocycles. The van der Waals surface area contributed by atoms with Crippen LogP contribution in [0.2, 0.25) is 0 Å². The molecular weight excluding hydrogens is 256 g/mol. The Hall–Kier alpha value is -2.63. The molecule has 2 rings (SSSR count). The molecule has 104 valence electrons. The molecule has 0 atom stereocenters. The second-order valence-electron chi connectivity index (χ2n) is 4.35. The first-order valence-corrected chi connectivity index (χ1v) is 6.26. The van der Waals surface area contributed by atoms with Crippen LogP contribution < -0.4 is 16.4 Å². The first-order chi connectivity index (χ1) is 9.58. The van der Waals surface area contributed by atoms with E-state index in [-0.39, 0.29) is 11.8 Å². The summed E-state index contributed by atoms with van der Waals surface area (Å²) in [7, 11) is 0. The molecule has 0 aliphatic carbocycles. The largest absolute Gasteiger partial charge is 0.397 e. The molecule has 0 fully saturated rings. The number of nitrogens with one attached hydrogen (secondary N) is 2. The topological polar surface area (TPSA) is 97.1 Å². The molecule has 0 bridgehead atoms. The Morgan fingerprint density at radius 2 is 1.90 bits per heavy atom. The van der Waals surface area contributed by atoms with Gasteiger partial charge >= 0.3 is 0 Å². The zero-order valence-corrected chi connectivity index (χ0v) is 11.1. The van der Waals surface area contributed by atoms with Gasteiger partial charge in [-0.1, -0.05) is 18.2 Å². The van der Waals surface area contributed by atoms with E-state index in [1.54, 1.807) is 18.2 Å². The Kier molecular flexibility index (Phi) is 4.14. The number of carbonyl (C=O) groups excluding carboxylic acids is 2. The van der Waals surface area contributed by atoms with Crippen LogP contribution in [0.3, 0.4) is 0 Å². The van der Waals surface area contributed by atoms with Crippen molar-refractivity contribution in [1.82, 2.24) is 15.6 Å². The Labute approximate surface area is 116 Å². The number of rotatable bonds is 4. The summed E-state index contributed by atoms with van der Waals surface area (Å²) < 4.78 is 0. The smallest absolute Gasteiger partial charge is 0.269 e. The van der Waals surface area contributed by atoms with Gasteiger partial charge in [0.25, 0.3) is 5.91 Å². The number of nitrogens with two attached hydrogens (primary N) is 1. The van der Waals surface area contributed by atoms with Crippen molar-refractivity contribution < 1.29 is 9.59 Å². The molecule has 0 saturated carbocycles. The number of aromatic nitrogens is 1. The summed E-state index contributed by atoms with van der Waals surface area (Å²) in [4.78, 5) is 26.9. The Morgan fingerprint density at radius 3 is 2.65 bits per heavy atom. The van der Waals surface area contributed by atoms with E-state index in [0.717, 1.165) is 5.39 Å². The minimum absolute atomic E-state index is 0.129. The van der Waals surface area contributed by atoms with Crippen LogP contribution in [0.4, 0.5) is 5.69 Å². The van der Waals surface area contributed by atoms with Crippen molar-refractivity contribution in [2.45, 2.75) is 6.92 Å². The molecule has 0 saturated heterocycles. The fourth-order valence-electron chi connectivity index (χ4n) is 1.80. The van der Waals surface area contributed by atoms with Gasteiger partial charge in [0.2, 0.25) is 5.91 Å². The SMILES string of the molecule is CC(=O)NCCNC(=O)c1ccc2cccc(N)c2n1. The van der Waals surface area contributed by atoms with Crippen LogP contribution in [0.5, 0.6) is 0 Å². The van der Waals surface area contributed by atoms with Gasteiger partial charge in [-0.2, -0.15) is 0 Å². The molecule has 2 amide bonds. The molecule has 6 nitrogen and oxygen atoms in total. The highest BCUT2D eigenvalue weighted by atomic mass is 16.2. The van der Waals surface area contributed by atoms with E-state index in [2.05, 4.69) is 15.6 Å². The van der Waals surface area contributed by atoms with Crippen LogP contribution in [0.15, 0.2) is 30.3 Å². The summed E-state index contributed by atoms with van der Waals surface area (Å²) in [5.41, 5.74) is 7.29. The summed E-state index contributed by atoms with van der Waals surface area (Å²) in [5, 5.41) is 6.17. The number of nitrogen functional groups attached to an aromatic ring is 1. The number of anilines is 1. The van der Waals surface area contributed by atoms with Crippen LogP contribution in [-0.4, -0.2) is 29.9 Å². The molecule has 20 heavy (non-hydrogen) atoms. The number of carbonyl (C=O) groups is 2. The van der Waals surface area contributed by atoms with Gasteiger partial charge in [-0.05, 0) is 12.1 Å². The minimum Gasteiger partial charge on any atom is -0.397 e. The monoisotopic (exact) mass is 272 g/mol. The lowest BCUT2D eigenvalue weighted by atomic mass is 10.1. The van der Waals surface area contributed by atoms with Crippen LogP contribution in [0.1, 0.15) is 17.4 Å². The van der Waals surface area contributed by atoms with Crippen molar-refractivity contribution in [3.8, 4) is 0 Å². The van der Waals surface area contributed by atoms with Gasteiger partial charge in [0.15, 0.2) is 0 Å². The van der Waals surface area contributed by atoms with Gasteiger partial charge in [-0.25, -0.2) is 4.98 Å². The molecule has 1 heterocycles. The van der Waals surface area contributed by atoms with Gasteiger partial charge in [-0.3, -0.25) is 9.59 Å². The predicted octanol–water partition coefficient (Wildman–Crippen LogP) is 0.683. The molecule has 0 aliphatic rings. The second-order valence-corrected chi connectivity index (χ2v) is 4.35. The highest BCUT2D eigenvalue weighted by Gasteiger charge is 2.08. The number of benzene rings is 1. The van der Waals surface area contributed by atoms with E-state index in [9.17, 15) is 9.59 Å². The van der Waals surface area contributed by atoms with E-state index < -0.39 is 0 Å². The zero-order chi connectivity index (χ0) is 14.5. The third-order valence-corrected chi connectivity index (χ3v) is 2.77. The van der Waals surface area contributed by atoms with Gasteiger partial charge < -0.3 is 16.4 Å². The average Bonchev–Trinajstić information content (AvgIpc) is 2.43. The standard InChI is InChI=1S/C14H16N4O2/c1-9(19)16-7-8-17-14(20)12-6-5-10-3-2-4-11(15)13(10)18-12/h2-6H,7-8,15H2,1H3,(H,16,19)(H,17,20). The van der Waals surface area contributed by atoms with Gasteiger partial charge in [0.05, 0.1) is 11.2 Å². The van der Waals surface area contributed by atoms with Crippen LogP contribution in [0, 0.1) is 0 Å². The third-order valence-electron chi connectivity index (χ3n) is 2.77. The summed E-state index contributed by atoms with van der Waals surface area (Å²) in [6, 6.07) is 8.93. The fourth-order valence-corrected chi connectivity index (χ4v) is 1.80. The maximum Gasteiger partial charge on any atom is 0.269 e. The number of hydrogen-bond acceptors (Lipinski definition) is 4. The average molecular weight is 272 g/mol. The first kappa shape index (κ1) is 13.8. The maximum atomic E-state index is 11.9. The van der Waals surface area contributed by atoms with Crippen molar-refractivity contribution >= 4 is 28.4 Å². The highest BCUT2D eigenvalue weighted by Crippen LogP contribution is 2.18. The van der Waals surface area contributed by atoms with E-state index in [0.29, 0.717) is 30.0 Å². The van der Waals surface area contributed by atoms with Crippen LogP contribution in [-0.2, 0) is 4.79 Å². The summed E-state index contributed by atoms with van der Waals surface area (Å²) in [6.07, 6.45) is 0. The fraction of sp³-hybridized carbons (Fsp3) is 0.214. The second kappa shape index (κ2) is 6.01.